The molecule has 0 aromatic carbocycles. The number of fused-ring (bicyclic) bond motifs is 8. The molecular weight excluding hydrogens is 801 g/mol. The zero-order valence-electron chi connectivity index (χ0n) is 39.5. The third-order valence-electron chi connectivity index (χ3n) is 13.2. The van der Waals surface area contributed by atoms with Gasteiger partial charge in [0.25, 0.3) is 0 Å². The number of aromatic amines is 3. The molecule has 0 saturated carbocycles. The van der Waals surface area contributed by atoms with E-state index in [4.69, 9.17) is 0 Å². The van der Waals surface area contributed by atoms with Crippen molar-refractivity contribution in [2.75, 3.05) is 0 Å². The van der Waals surface area contributed by atoms with E-state index < -0.39 is 18.0 Å². The zero-order valence-corrected chi connectivity index (χ0v) is 39.5. The minimum Gasteiger partial charge on any atom is -0.481 e. The number of carboxylic acid groups (broad SMARTS) is 2. The summed E-state index contributed by atoms with van der Waals surface area (Å²) in [5.74, 6) is -1.39. The maximum absolute atomic E-state index is 12.9. The average molecular weight is 873 g/mol. The number of aromatic nitrogens is 3. The van der Waals surface area contributed by atoms with Gasteiger partial charge in [-0.25, -0.2) is 0 Å². The first-order valence-corrected chi connectivity index (χ1v) is 23.2. The van der Waals surface area contributed by atoms with Crippen LogP contribution in [0.25, 0.3) is 24.3 Å². The molecule has 8 bridgehead atoms. The van der Waals surface area contributed by atoms with Crippen molar-refractivity contribution in [3.8, 4) is 0 Å². The summed E-state index contributed by atoms with van der Waals surface area (Å²) in [4.78, 5) is 47.0. The first-order chi connectivity index (χ1) is 30.5. The summed E-state index contributed by atoms with van der Waals surface area (Å²) < 4.78 is 0. The van der Waals surface area contributed by atoms with E-state index in [0.29, 0.717) is 39.9 Å². The van der Waals surface area contributed by atoms with Crippen molar-refractivity contribution in [3.63, 3.8) is 0 Å². The SMILES string of the molecule is C=C[C@@H]1/C2=C/c3[nH]c(c(CCC(=O)O)c3C)/C=c3/[nH]/c(c(C=O)c3CCC(=O)O)=C\c3[nH]c(c([C@@H](O)CCCC(C)CC/C=C(\C)CC/C=C(\C)CCC=C(C)C)c3C)/C=C(/N2)C1C. The van der Waals surface area contributed by atoms with E-state index in [1.54, 1.807) is 0 Å². The highest BCUT2D eigenvalue weighted by Gasteiger charge is 2.32. The fourth-order valence-electron chi connectivity index (χ4n) is 9.27. The number of nitrogens with one attached hydrogen (secondary N) is 4. The van der Waals surface area contributed by atoms with E-state index in [-0.39, 0.29) is 37.5 Å². The van der Waals surface area contributed by atoms with Gasteiger partial charge in [-0.05, 0) is 152 Å². The topological polar surface area (TPSA) is 171 Å². The van der Waals surface area contributed by atoms with Gasteiger partial charge in [0.1, 0.15) is 0 Å². The van der Waals surface area contributed by atoms with Crippen molar-refractivity contribution in [1.82, 2.24) is 20.3 Å². The molecule has 10 nitrogen and oxygen atoms in total. The molecule has 0 aliphatic carbocycles. The number of carboxylic acids is 2. The summed E-state index contributed by atoms with van der Waals surface area (Å²) in [5.41, 5.74) is 13.5. The second kappa shape index (κ2) is 22.8. The third-order valence-corrected chi connectivity index (χ3v) is 13.2. The van der Waals surface area contributed by atoms with Crippen LogP contribution in [0.1, 0.15) is 179 Å². The first kappa shape index (κ1) is 49.4. The van der Waals surface area contributed by atoms with E-state index in [1.165, 1.54) is 16.7 Å². The van der Waals surface area contributed by atoms with Gasteiger partial charge in [0.05, 0.1) is 11.5 Å². The van der Waals surface area contributed by atoms with Gasteiger partial charge < -0.3 is 35.6 Å². The van der Waals surface area contributed by atoms with Crippen LogP contribution in [0.15, 0.2) is 59.0 Å². The molecule has 2 aliphatic rings. The van der Waals surface area contributed by atoms with E-state index in [1.807, 2.05) is 32.1 Å². The van der Waals surface area contributed by atoms with Crippen LogP contribution in [0.3, 0.4) is 0 Å². The van der Waals surface area contributed by atoms with Crippen molar-refractivity contribution in [2.45, 2.75) is 145 Å². The highest BCUT2D eigenvalue weighted by atomic mass is 16.4. The van der Waals surface area contributed by atoms with E-state index in [0.717, 1.165) is 108 Å². The highest BCUT2D eigenvalue weighted by molar-refractivity contribution is 5.80. The third kappa shape index (κ3) is 12.8. The molecule has 3 aromatic rings. The second-order valence-corrected chi connectivity index (χ2v) is 18.5. The number of carbonyl (C=O) groups excluding carboxylic acids is 1. The summed E-state index contributed by atoms with van der Waals surface area (Å²) >= 11 is 0. The number of carbonyl (C=O) groups is 3. The van der Waals surface area contributed by atoms with E-state index in [2.05, 4.69) is 98.8 Å². The molecule has 0 radical (unpaired) electrons. The number of hydrogen-bond acceptors (Lipinski definition) is 5. The van der Waals surface area contributed by atoms with Crippen molar-refractivity contribution in [2.24, 2.45) is 17.8 Å². The summed E-state index contributed by atoms with van der Waals surface area (Å²) in [5, 5.41) is 36.0. The molecule has 10 heteroatoms. The average Bonchev–Trinajstić information content (AvgIpc) is 3.91. The molecule has 64 heavy (non-hydrogen) atoms. The Morgan fingerprint density at radius 3 is 1.95 bits per heavy atom. The lowest BCUT2D eigenvalue weighted by Gasteiger charge is -2.15. The molecule has 0 spiro atoms. The van der Waals surface area contributed by atoms with Crippen LogP contribution in [-0.4, -0.2) is 48.5 Å². The van der Waals surface area contributed by atoms with Crippen LogP contribution in [0, 0.1) is 31.6 Å². The van der Waals surface area contributed by atoms with Gasteiger partial charge in [0.15, 0.2) is 6.29 Å². The van der Waals surface area contributed by atoms with E-state index in [9.17, 15) is 29.7 Å². The first-order valence-electron chi connectivity index (χ1n) is 23.2. The largest absolute Gasteiger partial charge is 0.481 e. The Hall–Kier alpha value is -5.61. The summed E-state index contributed by atoms with van der Waals surface area (Å²) in [7, 11) is 0. The number of H-pyrrole nitrogens is 3. The lowest BCUT2D eigenvalue weighted by atomic mass is 9.91. The fourth-order valence-corrected chi connectivity index (χ4v) is 9.27. The van der Waals surface area contributed by atoms with Gasteiger partial charge in [-0.15, -0.1) is 6.58 Å². The number of aliphatic carboxylic acids is 2. The minimum atomic E-state index is -0.985. The molecule has 344 valence electrons. The van der Waals surface area contributed by atoms with Crippen molar-refractivity contribution >= 4 is 42.5 Å². The molecule has 5 heterocycles. The molecule has 7 N–H and O–H groups in total. The molecule has 0 amide bonds. The van der Waals surface area contributed by atoms with Gasteiger partial charge >= 0.3 is 11.9 Å². The molecule has 1 saturated heterocycles. The molecule has 1 fully saturated rings. The van der Waals surface area contributed by atoms with Crippen LogP contribution in [-0.2, 0) is 22.4 Å². The highest BCUT2D eigenvalue weighted by Crippen LogP contribution is 2.38. The molecule has 2 aliphatic heterocycles. The van der Waals surface area contributed by atoms with Crippen molar-refractivity contribution in [3.05, 3.63) is 126 Å². The maximum atomic E-state index is 12.9. The zero-order chi connectivity index (χ0) is 46.7. The van der Waals surface area contributed by atoms with Gasteiger partial charge in [0.2, 0.25) is 0 Å². The lowest BCUT2D eigenvalue weighted by molar-refractivity contribution is -0.138. The predicted molar refractivity (Wildman–Crippen MR) is 260 cm³/mol. The van der Waals surface area contributed by atoms with Gasteiger partial charge in [-0.2, -0.15) is 0 Å². The normalized spacial score (nSPS) is 19.8. The Kier molecular flexibility index (Phi) is 17.6. The van der Waals surface area contributed by atoms with Crippen LogP contribution >= 0.6 is 0 Å². The van der Waals surface area contributed by atoms with Crippen molar-refractivity contribution < 1.29 is 29.7 Å². The Morgan fingerprint density at radius 2 is 1.31 bits per heavy atom. The standard InChI is InChI=1S/C54H72N4O6/c1-10-39-36(7)44-29-50-54(51(60)22-14-21-35(6)20-13-19-34(5)18-12-17-33(4)16-11-15-32(2)3)38(9)45(57-50)28-49-42(31-59)41(24-26-53(63)64)48(58-49)30-47-40(23-25-52(61)62)37(8)43(56-47)27-46(39)55-44/h10,15,17,19,27-31,35-36,39,51,55-58,60H,1,11-14,16,18,20-26H2,2-9H3,(H,61,62)(H,63,64)/b33-17+,34-19+,44-29+,46-27-,48-30+,49-28-/t35?,36?,39-,51-/m0/s1. The lowest BCUT2D eigenvalue weighted by Crippen LogP contribution is -2.14. The molecule has 5 rings (SSSR count). The number of allylic oxidation sites excluding steroid dienone is 8. The van der Waals surface area contributed by atoms with Crippen molar-refractivity contribution in [1.29, 1.82) is 0 Å². The van der Waals surface area contributed by atoms with Gasteiger partial charge in [-0.1, -0.05) is 67.7 Å². The Bertz CT molecular complexity index is 2480. The molecular formula is C54H72N4O6. The van der Waals surface area contributed by atoms with Crippen LogP contribution < -0.4 is 16.0 Å². The predicted octanol–water partition coefficient (Wildman–Crippen LogP) is 10.6. The van der Waals surface area contributed by atoms with Crippen LogP contribution in [0.5, 0.6) is 0 Å². The number of hydrogen-bond donors (Lipinski definition) is 7. The summed E-state index contributed by atoms with van der Waals surface area (Å²) in [6.07, 6.45) is 26.0. The van der Waals surface area contributed by atoms with Crippen LogP contribution in [0.4, 0.5) is 0 Å². The second-order valence-electron chi connectivity index (χ2n) is 18.5. The summed E-state index contributed by atoms with van der Waals surface area (Å²) in [6.45, 7) is 21.4. The van der Waals surface area contributed by atoms with Gasteiger partial charge in [-0.3, -0.25) is 14.4 Å². The molecule has 3 aromatic heterocycles. The minimum absolute atomic E-state index is 0.0361. The number of rotatable bonds is 22. The number of aliphatic hydroxyl groups excluding tert-OH is 1. The van der Waals surface area contributed by atoms with E-state index >= 15 is 0 Å². The van der Waals surface area contributed by atoms with Gasteiger partial charge in [0, 0.05) is 75.3 Å². The smallest absolute Gasteiger partial charge is 0.303 e. The quantitative estimate of drug-likeness (QED) is 0.0389. The Morgan fingerprint density at radius 1 is 0.719 bits per heavy atom. The Labute approximate surface area is 379 Å². The number of aldehydes is 1. The molecule has 4 atom stereocenters. The fraction of sp³-hybridized carbons (Fsp3) is 0.463. The Balaban J connectivity index is 1.45. The number of aliphatic hydroxyl groups is 1. The van der Waals surface area contributed by atoms with Crippen LogP contribution in [0.2, 0.25) is 0 Å². The maximum Gasteiger partial charge on any atom is 0.303 e. The monoisotopic (exact) mass is 873 g/mol. The summed E-state index contributed by atoms with van der Waals surface area (Å²) in [6, 6.07) is 0. The molecule has 2 unspecified atom stereocenters.